The van der Waals surface area contributed by atoms with Gasteiger partial charge >= 0.3 is 24.4 Å². The van der Waals surface area contributed by atoms with E-state index in [1.165, 1.54) is 19.2 Å². The first-order valence-electron chi connectivity index (χ1n) is 13.5. The van der Waals surface area contributed by atoms with E-state index in [9.17, 15) is 19.2 Å². The van der Waals surface area contributed by atoms with Crippen LogP contribution < -0.4 is 14.8 Å². The molecule has 0 fully saturated rings. The van der Waals surface area contributed by atoms with Crippen molar-refractivity contribution < 1.29 is 52.3 Å². The molecule has 0 spiro atoms. The molecule has 0 aromatic heterocycles. The van der Waals surface area contributed by atoms with Gasteiger partial charge in [-0.25, -0.2) is 14.4 Å². The zero-order chi connectivity index (χ0) is 31.2. The Morgan fingerprint density at radius 3 is 1.90 bits per heavy atom. The van der Waals surface area contributed by atoms with E-state index in [1.807, 2.05) is 48.5 Å². The molecule has 0 heterocycles. The molecule has 12 nitrogen and oxygen atoms in total. The van der Waals surface area contributed by atoms with E-state index in [-0.39, 0.29) is 61.2 Å². The molecule has 12 heteroatoms. The van der Waals surface area contributed by atoms with E-state index in [1.54, 1.807) is 13.0 Å². The van der Waals surface area contributed by atoms with Crippen molar-refractivity contribution >= 4 is 24.4 Å². The summed E-state index contributed by atoms with van der Waals surface area (Å²) >= 11 is 0. The number of ether oxygens (including phenoxy) is 7. The Labute approximate surface area is 242 Å². The average molecular weight is 584 g/mol. The number of carbonyl (C=O) groups excluding carboxylic acids is 4. The summed E-state index contributed by atoms with van der Waals surface area (Å²) < 4.78 is 36.0. The van der Waals surface area contributed by atoms with Crippen LogP contribution in [0.2, 0.25) is 0 Å². The Morgan fingerprint density at radius 2 is 1.39 bits per heavy atom. The molecule has 0 saturated carbocycles. The van der Waals surface area contributed by atoms with Crippen LogP contribution in [0.5, 0.6) is 11.5 Å². The molecule has 0 aliphatic carbocycles. The van der Waals surface area contributed by atoms with Crippen LogP contribution in [0.4, 0.5) is 14.4 Å². The molecule has 41 heavy (non-hydrogen) atoms. The lowest BCUT2D eigenvalue weighted by molar-refractivity contribution is -0.143. The van der Waals surface area contributed by atoms with Crippen molar-refractivity contribution in [3.05, 3.63) is 23.8 Å². The fraction of sp³-hybridized carbons (Fsp3) is 0.655. The van der Waals surface area contributed by atoms with Crippen molar-refractivity contribution in [2.75, 3.05) is 33.5 Å². The lowest BCUT2D eigenvalue weighted by Gasteiger charge is -2.20. The second kappa shape index (κ2) is 16.7. The van der Waals surface area contributed by atoms with Gasteiger partial charge < -0.3 is 38.5 Å². The van der Waals surface area contributed by atoms with Gasteiger partial charge in [-0.15, -0.1) is 0 Å². The normalized spacial score (nSPS) is 12.9. The van der Waals surface area contributed by atoms with Gasteiger partial charge in [-0.1, -0.05) is 54.5 Å². The number of nitrogens with one attached hydrogen (secondary N) is 1. The summed E-state index contributed by atoms with van der Waals surface area (Å²) in [6, 6.07) is 3.63. The van der Waals surface area contributed by atoms with Gasteiger partial charge in [0.1, 0.15) is 18.8 Å². The first-order valence-corrected chi connectivity index (χ1v) is 13.5. The molecule has 0 bridgehead atoms. The Kier molecular flexibility index (Phi) is 14.4. The predicted octanol–water partition coefficient (Wildman–Crippen LogP) is 5.44. The molecule has 1 unspecified atom stereocenters. The van der Waals surface area contributed by atoms with E-state index < -0.39 is 30.5 Å². The maximum Gasteiger partial charge on any atom is 0.513 e. The molecule has 0 aliphatic rings. The van der Waals surface area contributed by atoms with Crippen molar-refractivity contribution in [1.82, 2.24) is 5.32 Å². The summed E-state index contributed by atoms with van der Waals surface area (Å²) in [5.74, 6) is -0.740. The summed E-state index contributed by atoms with van der Waals surface area (Å²) in [4.78, 5) is 48.8. The van der Waals surface area contributed by atoms with Crippen molar-refractivity contribution in [1.29, 1.82) is 0 Å². The standard InChI is InChI=1S/C29H45NO11/c1-10-19(2)39-25(32)36-14-13-30-21(24(31)35-9)15-20-11-12-22(40-26(33)37-17-28(3,4)5)23(16-20)41-27(34)38-18-29(6,7)8/h11-12,16,19,21,30H,10,13-15,17-18H2,1-9H3/t19?,21-/m0/s1. The van der Waals surface area contributed by atoms with Gasteiger partial charge in [0.25, 0.3) is 0 Å². The molecule has 0 saturated heterocycles. The van der Waals surface area contributed by atoms with Gasteiger partial charge in [0.15, 0.2) is 11.5 Å². The molecule has 1 N–H and O–H groups in total. The van der Waals surface area contributed by atoms with Crippen LogP contribution in [0, 0.1) is 10.8 Å². The zero-order valence-corrected chi connectivity index (χ0v) is 25.6. The maximum atomic E-state index is 12.4. The number of hydrogen-bond donors (Lipinski definition) is 1. The van der Waals surface area contributed by atoms with Crippen LogP contribution >= 0.6 is 0 Å². The highest BCUT2D eigenvalue weighted by Crippen LogP contribution is 2.30. The minimum Gasteiger partial charge on any atom is -0.468 e. The molecule has 2 atom stereocenters. The van der Waals surface area contributed by atoms with E-state index in [2.05, 4.69) is 5.32 Å². The van der Waals surface area contributed by atoms with Gasteiger partial charge in [-0.2, -0.15) is 0 Å². The smallest absolute Gasteiger partial charge is 0.468 e. The van der Waals surface area contributed by atoms with Crippen LogP contribution in [0.15, 0.2) is 18.2 Å². The summed E-state index contributed by atoms with van der Waals surface area (Å²) in [5.41, 5.74) is -0.0433. The maximum absolute atomic E-state index is 12.4. The molecule has 0 amide bonds. The number of benzene rings is 1. The van der Waals surface area contributed by atoms with E-state index >= 15 is 0 Å². The number of methoxy groups -OCH3 is 1. The highest BCUT2D eigenvalue weighted by molar-refractivity contribution is 5.76. The minimum atomic E-state index is -0.992. The predicted molar refractivity (Wildman–Crippen MR) is 149 cm³/mol. The zero-order valence-electron chi connectivity index (χ0n) is 25.6. The first kappa shape index (κ1) is 35.5. The summed E-state index contributed by atoms with van der Waals surface area (Å²) in [5, 5.41) is 2.97. The quantitative estimate of drug-likeness (QED) is 0.137. The monoisotopic (exact) mass is 583 g/mol. The fourth-order valence-corrected chi connectivity index (χ4v) is 2.90. The van der Waals surface area contributed by atoms with Crippen LogP contribution in [0.1, 0.15) is 67.4 Å². The summed E-state index contributed by atoms with van der Waals surface area (Å²) in [7, 11) is 1.25. The van der Waals surface area contributed by atoms with Gasteiger partial charge in [0.2, 0.25) is 0 Å². The third kappa shape index (κ3) is 15.7. The van der Waals surface area contributed by atoms with Crippen molar-refractivity contribution in [2.24, 2.45) is 10.8 Å². The molecule has 232 valence electrons. The van der Waals surface area contributed by atoms with Crippen LogP contribution in [-0.4, -0.2) is 70.1 Å². The molecule has 0 radical (unpaired) electrons. The Balaban J connectivity index is 3.02. The van der Waals surface area contributed by atoms with Gasteiger partial charge in [0, 0.05) is 6.54 Å². The average Bonchev–Trinajstić information content (AvgIpc) is 2.88. The number of rotatable bonds is 13. The highest BCUT2D eigenvalue weighted by atomic mass is 16.7. The van der Waals surface area contributed by atoms with Crippen LogP contribution in [0.25, 0.3) is 0 Å². The molecular weight excluding hydrogens is 538 g/mol. The highest BCUT2D eigenvalue weighted by Gasteiger charge is 2.23. The van der Waals surface area contributed by atoms with Gasteiger partial charge in [-0.3, -0.25) is 4.79 Å². The summed E-state index contributed by atoms with van der Waals surface area (Å²) in [6.45, 7) is 15.3. The van der Waals surface area contributed by atoms with Crippen molar-refractivity contribution in [2.45, 2.75) is 80.4 Å². The topological polar surface area (TPSA) is 145 Å². The molecule has 1 aromatic carbocycles. The molecule has 1 aromatic rings. The minimum absolute atomic E-state index is 0.0415. The Hall–Kier alpha value is -3.54. The van der Waals surface area contributed by atoms with E-state index in [0.717, 1.165) is 0 Å². The van der Waals surface area contributed by atoms with Crippen molar-refractivity contribution in [3.8, 4) is 11.5 Å². The first-order chi connectivity index (χ1) is 19.0. The van der Waals surface area contributed by atoms with Gasteiger partial charge in [-0.05, 0) is 48.3 Å². The number of esters is 1. The lowest BCUT2D eigenvalue weighted by atomic mass is 9.99. The molecule has 1 rings (SSSR count). The number of carbonyl (C=O) groups is 4. The Bertz CT molecular complexity index is 1010. The second-order valence-corrected chi connectivity index (χ2v) is 11.9. The largest absolute Gasteiger partial charge is 0.513 e. The van der Waals surface area contributed by atoms with Crippen LogP contribution in [-0.2, 0) is 34.9 Å². The lowest BCUT2D eigenvalue weighted by Crippen LogP contribution is -2.41. The summed E-state index contributed by atoms with van der Waals surface area (Å²) in [6.07, 6.45) is -2.28. The third-order valence-electron chi connectivity index (χ3n) is 5.15. The molecule has 0 aliphatic heterocycles. The van der Waals surface area contributed by atoms with Gasteiger partial charge in [0.05, 0.1) is 20.3 Å². The SMILES string of the molecule is CCC(C)OC(=O)OCCN[C@@H](Cc1ccc(OC(=O)OCC(C)(C)C)c(OC(=O)OCC(C)(C)C)c1)C(=O)OC. The second-order valence-electron chi connectivity index (χ2n) is 11.9. The fourth-order valence-electron chi connectivity index (χ4n) is 2.90. The molecular formula is C29H45NO11. The van der Waals surface area contributed by atoms with E-state index in [0.29, 0.717) is 12.0 Å². The Morgan fingerprint density at radius 1 is 0.829 bits per heavy atom. The van der Waals surface area contributed by atoms with Crippen molar-refractivity contribution in [3.63, 3.8) is 0 Å². The van der Waals surface area contributed by atoms with E-state index in [4.69, 9.17) is 33.2 Å². The van der Waals surface area contributed by atoms with Crippen LogP contribution in [0.3, 0.4) is 0 Å². The third-order valence-corrected chi connectivity index (χ3v) is 5.15. The number of hydrogen-bond acceptors (Lipinski definition) is 12.